The van der Waals surface area contributed by atoms with Crippen molar-refractivity contribution in [3.05, 3.63) is 56.2 Å². The Kier molecular flexibility index (Phi) is 4.29. The molecular formula is C16H16ClF2NS. The van der Waals surface area contributed by atoms with Crippen LogP contribution in [0.1, 0.15) is 47.9 Å². The number of nitrogens with one attached hydrogen (secondary N) is 1. The van der Waals surface area contributed by atoms with E-state index in [1.807, 2.05) is 6.07 Å². The van der Waals surface area contributed by atoms with Gasteiger partial charge in [-0.1, -0.05) is 17.7 Å². The minimum atomic E-state index is -0.505. The average Bonchev–Trinajstić information content (AvgIpc) is 2.80. The van der Waals surface area contributed by atoms with Crippen LogP contribution in [-0.4, -0.2) is 0 Å². The molecule has 1 aliphatic carbocycles. The van der Waals surface area contributed by atoms with E-state index < -0.39 is 11.6 Å². The van der Waals surface area contributed by atoms with Gasteiger partial charge in [0, 0.05) is 22.5 Å². The molecule has 0 fully saturated rings. The molecule has 3 rings (SSSR count). The summed E-state index contributed by atoms with van der Waals surface area (Å²) in [5.41, 5.74) is 1.28. The lowest BCUT2D eigenvalue weighted by Crippen LogP contribution is -2.28. The minimum absolute atomic E-state index is 0.103. The quantitative estimate of drug-likeness (QED) is 0.795. The van der Waals surface area contributed by atoms with Gasteiger partial charge in [0.1, 0.15) is 11.6 Å². The Hall–Kier alpha value is -0.970. The zero-order valence-electron chi connectivity index (χ0n) is 11.6. The molecule has 0 saturated heterocycles. The first-order valence-corrected chi connectivity index (χ1v) is 8.23. The van der Waals surface area contributed by atoms with Crippen LogP contribution >= 0.6 is 22.9 Å². The van der Waals surface area contributed by atoms with Gasteiger partial charge in [0.2, 0.25) is 0 Å². The summed E-state index contributed by atoms with van der Waals surface area (Å²) in [5, 5.41) is 3.35. The van der Waals surface area contributed by atoms with Crippen molar-refractivity contribution < 1.29 is 8.78 Å². The van der Waals surface area contributed by atoms with Crippen LogP contribution in [0.5, 0.6) is 0 Å². The maximum Gasteiger partial charge on any atom is 0.130 e. The van der Waals surface area contributed by atoms with Crippen molar-refractivity contribution in [2.24, 2.45) is 0 Å². The van der Waals surface area contributed by atoms with Crippen molar-refractivity contribution in [1.29, 1.82) is 0 Å². The van der Waals surface area contributed by atoms with Crippen molar-refractivity contribution in [2.75, 3.05) is 0 Å². The van der Waals surface area contributed by atoms with E-state index in [0.717, 1.165) is 23.6 Å². The molecule has 1 N–H and O–H groups in total. The van der Waals surface area contributed by atoms with E-state index in [1.54, 1.807) is 18.3 Å². The lowest BCUT2D eigenvalue weighted by molar-refractivity contribution is 0.399. The molecule has 2 atom stereocenters. The SMILES string of the molecule is CC(NC1CCCc2sc(Cl)cc21)c1c(F)cccc1F. The van der Waals surface area contributed by atoms with Gasteiger partial charge in [-0.3, -0.25) is 0 Å². The van der Waals surface area contributed by atoms with Crippen LogP contribution in [0.3, 0.4) is 0 Å². The Morgan fingerprint density at radius 3 is 2.76 bits per heavy atom. The maximum atomic E-state index is 13.9. The molecule has 0 radical (unpaired) electrons. The summed E-state index contributed by atoms with van der Waals surface area (Å²) < 4.78 is 28.5. The lowest BCUT2D eigenvalue weighted by Gasteiger charge is -2.27. The van der Waals surface area contributed by atoms with Gasteiger partial charge in [-0.25, -0.2) is 8.78 Å². The van der Waals surface area contributed by atoms with Gasteiger partial charge in [0.15, 0.2) is 0 Å². The summed E-state index contributed by atoms with van der Waals surface area (Å²) in [6.07, 6.45) is 3.06. The summed E-state index contributed by atoms with van der Waals surface area (Å²) >= 11 is 7.69. The van der Waals surface area contributed by atoms with Crippen LogP contribution in [0, 0.1) is 11.6 Å². The molecule has 21 heavy (non-hydrogen) atoms. The van der Waals surface area contributed by atoms with Crippen molar-refractivity contribution >= 4 is 22.9 Å². The molecule has 0 aliphatic heterocycles. The van der Waals surface area contributed by atoms with E-state index in [0.29, 0.717) is 0 Å². The van der Waals surface area contributed by atoms with Gasteiger partial charge >= 0.3 is 0 Å². The molecule has 5 heteroatoms. The van der Waals surface area contributed by atoms with E-state index >= 15 is 0 Å². The Bertz CT molecular complexity index is 635. The first-order chi connectivity index (χ1) is 10.1. The Labute approximate surface area is 131 Å². The van der Waals surface area contributed by atoms with Crippen LogP contribution in [0.4, 0.5) is 8.78 Å². The third-order valence-corrected chi connectivity index (χ3v) is 5.31. The maximum absolute atomic E-state index is 13.9. The number of thiophene rings is 1. The Morgan fingerprint density at radius 1 is 1.33 bits per heavy atom. The normalized spacial score (nSPS) is 19.3. The van der Waals surface area contributed by atoms with Gasteiger partial charge in [-0.05, 0) is 49.9 Å². The highest BCUT2D eigenvalue weighted by Gasteiger charge is 2.26. The second-order valence-corrected chi connectivity index (χ2v) is 7.17. The molecular weight excluding hydrogens is 312 g/mol. The molecule has 1 aliphatic rings. The van der Waals surface area contributed by atoms with Crippen molar-refractivity contribution in [1.82, 2.24) is 5.32 Å². The number of hydrogen-bond donors (Lipinski definition) is 1. The number of rotatable bonds is 3. The summed E-state index contributed by atoms with van der Waals surface area (Å²) in [6, 6.07) is 5.67. The van der Waals surface area contributed by atoms with Crippen molar-refractivity contribution in [3.8, 4) is 0 Å². The zero-order chi connectivity index (χ0) is 15.0. The third-order valence-electron chi connectivity index (χ3n) is 3.97. The van der Waals surface area contributed by atoms with Crippen LogP contribution in [0.2, 0.25) is 4.34 Å². The largest absolute Gasteiger partial charge is 0.303 e. The number of aryl methyl sites for hydroxylation is 1. The smallest absolute Gasteiger partial charge is 0.130 e. The lowest BCUT2D eigenvalue weighted by atomic mass is 9.92. The molecule has 0 spiro atoms. The fourth-order valence-electron chi connectivity index (χ4n) is 3.00. The first kappa shape index (κ1) is 14.9. The van der Waals surface area contributed by atoms with Gasteiger partial charge < -0.3 is 5.32 Å². The molecule has 1 aromatic heterocycles. The fraction of sp³-hybridized carbons (Fsp3) is 0.375. The highest BCUT2D eigenvalue weighted by atomic mass is 35.5. The second kappa shape index (κ2) is 6.03. The molecule has 0 amide bonds. The topological polar surface area (TPSA) is 12.0 Å². The van der Waals surface area contributed by atoms with Gasteiger partial charge in [-0.2, -0.15) is 0 Å². The van der Waals surface area contributed by atoms with Gasteiger partial charge in [0.25, 0.3) is 0 Å². The molecule has 1 nitrogen and oxygen atoms in total. The molecule has 112 valence electrons. The third kappa shape index (κ3) is 2.98. The van der Waals surface area contributed by atoms with E-state index in [1.165, 1.54) is 28.6 Å². The zero-order valence-corrected chi connectivity index (χ0v) is 13.2. The van der Waals surface area contributed by atoms with Crippen molar-refractivity contribution in [2.45, 2.75) is 38.3 Å². The van der Waals surface area contributed by atoms with Gasteiger partial charge in [-0.15, -0.1) is 11.3 Å². The molecule has 0 saturated carbocycles. The molecule has 0 bridgehead atoms. The van der Waals surface area contributed by atoms with Crippen LogP contribution in [-0.2, 0) is 6.42 Å². The number of fused-ring (bicyclic) bond motifs is 1. The molecule has 1 heterocycles. The fourth-order valence-corrected chi connectivity index (χ4v) is 4.39. The van der Waals surface area contributed by atoms with Crippen LogP contribution in [0.25, 0.3) is 0 Å². The standard InChI is InChI=1S/C16H16ClF2NS/c1-9(16-11(18)4-2-5-12(16)19)20-13-6-3-7-14-10(13)8-15(17)21-14/h2,4-5,8-9,13,20H,3,6-7H2,1H3. The summed E-state index contributed by atoms with van der Waals surface area (Å²) in [4.78, 5) is 1.28. The molecule has 2 aromatic rings. The monoisotopic (exact) mass is 327 g/mol. The van der Waals surface area contributed by atoms with Crippen LogP contribution in [0.15, 0.2) is 24.3 Å². The predicted molar refractivity (Wildman–Crippen MR) is 82.9 cm³/mol. The van der Waals surface area contributed by atoms with E-state index in [4.69, 9.17) is 11.6 Å². The Balaban J connectivity index is 1.84. The van der Waals surface area contributed by atoms with Crippen molar-refractivity contribution in [3.63, 3.8) is 0 Å². The summed E-state index contributed by atoms with van der Waals surface area (Å²) in [5.74, 6) is -1.01. The van der Waals surface area contributed by atoms with Crippen LogP contribution < -0.4 is 5.32 Å². The minimum Gasteiger partial charge on any atom is -0.303 e. The van der Waals surface area contributed by atoms with Gasteiger partial charge in [0.05, 0.1) is 4.34 Å². The van der Waals surface area contributed by atoms with E-state index in [-0.39, 0.29) is 17.6 Å². The highest BCUT2D eigenvalue weighted by Crippen LogP contribution is 2.39. The van der Waals surface area contributed by atoms with E-state index in [2.05, 4.69) is 5.32 Å². The number of benzene rings is 1. The predicted octanol–water partition coefficient (Wildman–Crippen LogP) is 5.41. The summed E-state index contributed by atoms with van der Waals surface area (Å²) in [6.45, 7) is 1.80. The highest BCUT2D eigenvalue weighted by molar-refractivity contribution is 7.16. The Morgan fingerprint density at radius 2 is 2.05 bits per heavy atom. The molecule has 1 aromatic carbocycles. The average molecular weight is 328 g/mol. The summed E-state index contributed by atoms with van der Waals surface area (Å²) in [7, 11) is 0. The second-order valence-electron chi connectivity index (χ2n) is 5.40. The van der Waals surface area contributed by atoms with E-state index in [9.17, 15) is 8.78 Å². The number of hydrogen-bond acceptors (Lipinski definition) is 2. The first-order valence-electron chi connectivity index (χ1n) is 7.04. The molecule has 2 unspecified atom stereocenters. The number of halogens is 3.